The number of fused-ring (bicyclic) bond motifs is 10. The highest BCUT2D eigenvalue weighted by atomic mass is 16.3. The third-order valence-corrected chi connectivity index (χ3v) is 20.6. The quantitative estimate of drug-likeness (QED) is 0.161. The van der Waals surface area contributed by atoms with E-state index in [2.05, 4.69) is 202 Å². The Labute approximate surface area is 428 Å². The third kappa shape index (κ3) is 6.59. The predicted molar refractivity (Wildman–Crippen MR) is 306 cm³/mol. The van der Waals surface area contributed by atoms with Gasteiger partial charge in [0.05, 0.1) is 11.3 Å². The molecule has 0 fully saturated rings. The molecule has 12 rings (SSSR count). The van der Waals surface area contributed by atoms with Gasteiger partial charge >= 0.3 is 0 Å². The summed E-state index contributed by atoms with van der Waals surface area (Å²) < 4.78 is 7.80. The molecular weight excluding hydrogens is 860 g/mol. The van der Waals surface area contributed by atoms with Gasteiger partial charge in [0.1, 0.15) is 5.58 Å². The topological polar surface area (TPSA) is 19.6 Å². The summed E-state index contributed by atoms with van der Waals surface area (Å²) in [5.41, 5.74) is 29.0. The van der Waals surface area contributed by atoms with Gasteiger partial charge in [-0.25, -0.2) is 0 Å². The van der Waals surface area contributed by atoms with E-state index in [-0.39, 0.29) is 50.0 Å². The van der Waals surface area contributed by atoms with Crippen molar-refractivity contribution in [3.05, 3.63) is 122 Å². The molecular formula is C67H83BN2O. The van der Waals surface area contributed by atoms with Crippen LogP contribution in [0, 0.1) is 20.8 Å². The lowest BCUT2D eigenvalue weighted by Crippen LogP contribution is -2.61. The van der Waals surface area contributed by atoms with Gasteiger partial charge in [0.15, 0.2) is 0 Å². The summed E-state index contributed by atoms with van der Waals surface area (Å²) in [7, 11) is 0. The minimum atomic E-state index is -0.101. The first-order valence-corrected chi connectivity index (χ1v) is 27.7. The Hall–Kier alpha value is -4.70. The minimum Gasteiger partial charge on any atom is -0.468 e. The SMILES string of the molecule is Cc1cc2c3c(c1)N(c1cc4c(cc1C)C(C)(C)CCC4(C)C)c1c(oc4cc5c(cc14)C(C)(C)CCC5(C)C)B3c1cc3c(cc1N2c1cc2c(cc1C)C(C)(C)CCC2(C)C)C(C)(C)CCC3(C)C. The Bertz CT molecular complexity index is 3320. The second-order valence-electron chi connectivity index (χ2n) is 29.4. The Morgan fingerprint density at radius 2 is 0.704 bits per heavy atom. The molecule has 1 aromatic heterocycles. The average molecular weight is 943 g/mol. The smallest absolute Gasteiger partial charge is 0.297 e. The molecule has 6 aromatic rings. The monoisotopic (exact) mass is 943 g/mol. The van der Waals surface area contributed by atoms with Crippen molar-refractivity contribution < 1.29 is 4.42 Å². The number of hydrogen-bond donors (Lipinski definition) is 0. The van der Waals surface area contributed by atoms with Gasteiger partial charge in [0.25, 0.3) is 6.71 Å². The largest absolute Gasteiger partial charge is 0.468 e. The van der Waals surface area contributed by atoms with E-state index in [9.17, 15) is 0 Å². The molecule has 71 heavy (non-hydrogen) atoms. The van der Waals surface area contributed by atoms with Gasteiger partial charge in [-0.2, -0.15) is 0 Å². The first-order valence-electron chi connectivity index (χ1n) is 27.7. The zero-order valence-electron chi connectivity index (χ0n) is 47.3. The lowest BCUT2D eigenvalue weighted by molar-refractivity contribution is 0.331. The molecule has 4 aliphatic carbocycles. The van der Waals surface area contributed by atoms with Crippen LogP contribution in [0.4, 0.5) is 34.1 Å². The van der Waals surface area contributed by atoms with Crippen molar-refractivity contribution in [3.63, 3.8) is 0 Å². The number of aryl methyl sites for hydroxylation is 3. The summed E-state index contributed by atoms with van der Waals surface area (Å²) in [6.07, 6.45) is 9.42. The van der Waals surface area contributed by atoms with E-state index in [1.807, 2.05) is 0 Å². The molecule has 3 nitrogen and oxygen atoms in total. The van der Waals surface area contributed by atoms with Crippen LogP contribution >= 0.6 is 0 Å². The van der Waals surface area contributed by atoms with Crippen LogP contribution in [0.25, 0.3) is 11.0 Å². The summed E-state index contributed by atoms with van der Waals surface area (Å²) in [5.74, 6) is 0. The Kier molecular flexibility index (Phi) is 9.55. The Balaban J connectivity index is 1.24. The predicted octanol–water partition coefficient (Wildman–Crippen LogP) is 16.8. The lowest BCUT2D eigenvalue weighted by atomic mass is 9.35. The van der Waals surface area contributed by atoms with Crippen LogP contribution < -0.4 is 26.4 Å². The number of furan rings is 1. The fourth-order valence-electron chi connectivity index (χ4n) is 15.1. The van der Waals surface area contributed by atoms with Gasteiger partial charge < -0.3 is 14.2 Å². The van der Waals surface area contributed by atoms with Crippen LogP contribution in [0.5, 0.6) is 0 Å². The summed E-state index contributed by atoms with van der Waals surface area (Å²) in [5, 5.41) is 1.24. The second kappa shape index (κ2) is 14.3. The maximum atomic E-state index is 7.80. The molecule has 0 unspecified atom stereocenters. The highest BCUT2D eigenvalue weighted by Crippen LogP contribution is 2.57. The molecule has 0 amide bonds. The molecule has 0 bridgehead atoms. The molecule has 4 heteroatoms. The highest BCUT2D eigenvalue weighted by Gasteiger charge is 2.51. The summed E-state index contributed by atoms with van der Waals surface area (Å²) in [6, 6.07) is 25.9. The van der Waals surface area contributed by atoms with Crippen LogP contribution in [-0.4, -0.2) is 6.71 Å². The van der Waals surface area contributed by atoms with Gasteiger partial charge in [-0.15, -0.1) is 0 Å². The molecule has 2 aliphatic heterocycles. The zero-order chi connectivity index (χ0) is 50.9. The average Bonchev–Trinajstić information content (AvgIpc) is 3.65. The van der Waals surface area contributed by atoms with E-state index in [0.29, 0.717) is 0 Å². The molecule has 5 aromatic carbocycles. The summed E-state index contributed by atoms with van der Waals surface area (Å²) in [6.45, 7) is 46.7. The third-order valence-electron chi connectivity index (χ3n) is 20.6. The zero-order valence-corrected chi connectivity index (χ0v) is 47.3. The first-order chi connectivity index (χ1) is 32.9. The second-order valence-corrected chi connectivity index (χ2v) is 29.4. The van der Waals surface area contributed by atoms with Gasteiger partial charge in [0, 0.05) is 33.8 Å². The van der Waals surface area contributed by atoms with Crippen molar-refractivity contribution in [1.82, 2.24) is 0 Å². The van der Waals surface area contributed by atoms with Gasteiger partial charge in [-0.3, -0.25) is 0 Å². The van der Waals surface area contributed by atoms with Crippen molar-refractivity contribution in [1.29, 1.82) is 0 Å². The van der Waals surface area contributed by atoms with Crippen molar-refractivity contribution >= 4 is 68.4 Å². The fourth-order valence-corrected chi connectivity index (χ4v) is 15.1. The van der Waals surface area contributed by atoms with Crippen LogP contribution in [-0.2, 0) is 43.3 Å². The number of rotatable bonds is 2. The molecule has 0 spiro atoms. The van der Waals surface area contributed by atoms with Crippen molar-refractivity contribution in [2.75, 3.05) is 9.80 Å². The number of nitrogens with zero attached hydrogens (tertiary/aromatic N) is 2. The molecule has 3 heterocycles. The molecule has 0 saturated carbocycles. The van der Waals surface area contributed by atoms with Crippen LogP contribution in [0.1, 0.15) is 223 Å². The molecule has 6 aliphatic rings. The van der Waals surface area contributed by atoms with Crippen LogP contribution in [0.2, 0.25) is 0 Å². The van der Waals surface area contributed by atoms with E-state index in [1.54, 1.807) is 0 Å². The van der Waals surface area contributed by atoms with E-state index in [0.717, 1.165) is 11.2 Å². The summed E-state index contributed by atoms with van der Waals surface area (Å²) in [4.78, 5) is 5.45. The summed E-state index contributed by atoms with van der Waals surface area (Å²) >= 11 is 0. The minimum absolute atomic E-state index is 0.0346. The first kappa shape index (κ1) is 47.3. The van der Waals surface area contributed by atoms with E-state index in [1.165, 1.54) is 163 Å². The molecule has 0 saturated heterocycles. The number of benzene rings is 5. The van der Waals surface area contributed by atoms with Crippen molar-refractivity contribution in [2.24, 2.45) is 0 Å². The van der Waals surface area contributed by atoms with Gasteiger partial charge in [0.2, 0.25) is 0 Å². The normalized spacial score (nSPS) is 22.7. The fraction of sp³-hybridized carbons (Fsp3) is 0.522. The van der Waals surface area contributed by atoms with Crippen LogP contribution in [0.15, 0.2) is 65.1 Å². The molecule has 0 N–H and O–H groups in total. The Morgan fingerprint density at radius 3 is 1.14 bits per heavy atom. The number of hydrogen-bond acceptors (Lipinski definition) is 3. The van der Waals surface area contributed by atoms with Gasteiger partial charge in [-0.05, 0) is 230 Å². The highest BCUT2D eigenvalue weighted by molar-refractivity contribution is 7.00. The maximum Gasteiger partial charge on any atom is 0.297 e. The van der Waals surface area contributed by atoms with E-state index < -0.39 is 0 Å². The lowest BCUT2D eigenvalue weighted by Gasteiger charge is -2.48. The molecule has 0 atom stereocenters. The standard InChI is InChI=1S/C67H83BN2O/c1-38-28-54-57-55(29-38)70(52-35-47-43(31-40(52)3)61(6,7)21-25-65(47,14)15)58-41-32-44-49(67(18,19)27-22-62(44,8)9)37-56(41)71-59(58)68(57)50-33-45-48(66(16,17)26-23-63(45,10)11)36-53(50)69(54)51-34-46-42(30-39(51)2)60(4,5)20-24-64(46,12)13/h28-37H,20-27H2,1-19H3. The molecule has 370 valence electrons. The maximum absolute atomic E-state index is 7.80. The van der Waals surface area contributed by atoms with Crippen molar-refractivity contribution in [2.45, 2.75) is 226 Å². The van der Waals surface area contributed by atoms with Crippen LogP contribution in [0.3, 0.4) is 0 Å². The number of anilines is 6. The van der Waals surface area contributed by atoms with Crippen molar-refractivity contribution in [3.8, 4) is 0 Å². The van der Waals surface area contributed by atoms with Gasteiger partial charge in [-0.1, -0.05) is 129 Å². The molecule has 0 radical (unpaired) electrons. The van der Waals surface area contributed by atoms with E-state index in [4.69, 9.17) is 4.42 Å². The Morgan fingerprint density at radius 1 is 0.366 bits per heavy atom. The van der Waals surface area contributed by atoms with E-state index >= 15 is 0 Å².